The van der Waals surface area contributed by atoms with Gasteiger partial charge in [0, 0.05) is 31.6 Å². The minimum absolute atomic E-state index is 0.0531. The largest absolute Gasteiger partial charge is 0.481 e. The molecule has 2 N–H and O–H groups in total. The van der Waals surface area contributed by atoms with Crippen molar-refractivity contribution in [3.63, 3.8) is 0 Å². The second kappa shape index (κ2) is 5.94. The number of nitrogens with one attached hydrogen (secondary N) is 1. The van der Waals surface area contributed by atoms with Crippen molar-refractivity contribution in [1.29, 1.82) is 0 Å². The average Bonchev–Trinajstić information content (AvgIpc) is 2.95. The molecule has 2 amide bonds. The molecule has 0 spiro atoms. The quantitative estimate of drug-likeness (QED) is 0.867. The maximum Gasteiger partial charge on any atom is 0.317 e. The van der Waals surface area contributed by atoms with Gasteiger partial charge in [-0.2, -0.15) is 0 Å². The Morgan fingerprint density at radius 2 is 2.25 bits per heavy atom. The Bertz CT molecular complexity index is 492. The van der Waals surface area contributed by atoms with Gasteiger partial charge < -0.3 is 19.8 Å². The van der Waals surface area contributed by atoms with Gasteiger partial charge in [0.1, 0.15) is 5.76 Å². The molecule has 1 fully saturated rings. The van der Waals surface area contributed by atoms with Gasteiger partial charge in [-0.3, -0.25) is 4.79 Å². The van der Waals surface area contributed by atoms with Crippen molar-refractivity contribution in [2.75, 3.05) is 13.1 Å². The number of carboxylic acid groups (broad SMARTS) is 1. The molecule has 2 rings (SSSR count). The van der Waals surface area contributed by atoms with Crippen LogP contribution >= 0.6 is 0 Å². The third kappa shape index (κ3) is 3.28. The molecule has 0 aliphatic carbocycles. The highest BCUT2D eigenvalue weighted by atomic mass is 16.5. The number of amides is 2. The monoisotopic (exact) mass is 281 g/mol. The van der Waals surface area contributed by atoms with Gasteiger partial charge in [0.25, 0.3) is 0 Å². The van der Waals surface area contributed by atoms with Gasteiger partial charge in [0.05, 0.1) is 5.69 Å². The number of carbonyl (C=O) groups excluding carboxylic acids is 1. The van der Waals surface area contributed by atoms with Crippen molar-refractivity contribution in [3.05, 3.63) is 17.0 Å². The summed E-state index contributed by atoms with van der Waals surface area (Å²) < 4.78 is 5.03. The fourth-order valence-corrected chi connectivity index (χ4v) is 2.46. The summed E-state index contributed by atoms with van der Waals surface area (Å²) in [4.78, 5) is 24.3. The number of carbonyl (C=O) groups is 2. The lowest BCUT2D eigenvalue weighted by Crippen LogP contribution is -2.38. The molecule has 0 aromatic carbocycles. The van der Waals surface area contributed by atoms with Crippen LogP contribution in [0.1, 0.15) is 29.9 Å². The minimum atomic E-state index is -0.812. The lowest BCUT2D eigenvalue weighted by atomic mass is 10.1. The van der Waals surface area contributed by atoms with Crippen LogP contribution in [0.15, 0.2) is 4.52 Å². The van der Waals surface area contributed by atoms with E-state index >= 15 is 0 Å². The fourth-order valence-electron chi connectivity index (χ4n) is 2.46. The maximum atomic E-state index is 12.0. The second-order valence-electron chi connectivity index (χ2n) is 5.16. The van der Waals surface area contributed by atoms with E-state index in [4.69, 9.17) is 9.63 Å². The van der Waals surface area contributed by atoms with Crippen LogP contribution in [0.5, 0.6) is 0 Å². The predicted octanol–water partition coefficient (Wildman–Crippen LogP) is 1.30. The third-order valence-electron chi connectivity index (χ3n) is 3.63. The van der Waals surface area contributed by atoms with Crippen LogP contribution < -0.4 is 5.32 Å². The zero-order chi connectivity index (χ0) is 14.7. The summed E-state index contributed by atoms with van der Waals surface area (Å²) >= 11 is 0. The van der Waals surface area contributed by atoms with Gasteiger partial charge >= 0.3 is 12.0 Å². The van der Waals surface area contributed by atoms with E-state index in [1.165, 1.54) is 0 Å². The molecule has 0 saturated carbocycles. The highest BCUT2D eigenvalue weighted by Crippen LogP contribution is 2.19. The van der Waals surface area contributed by atoms with E-state index < -0.39 is 5.97 Å². The molecule has 7 heteroatoms. The van der Waals surface area contributed by atoms with Gasteiger partial charge in [-0.05, 0) is 26.2 Å². The minimum Gasteiger partial charge on any atom is -0.481 e. The van der Waals surface area contributed by atoms with E-state index in [0.717, 1.165) is 17.7 Å². The first-order valence-corrected chi connectivity index (χ1v) is 6.63. The highest BCUT2D eigenvalue weighted by Gasteiger charge is 2.27. The molecule has 1 aliphatic heterocycles. The van der Waals surface area contributed by atoms with Gasteiger partial charge in [0.2, 0.25) is 0 Å². The molecule has 1 aromatic rings. The first kappa shape index (κ1) is 14.4. The first-order chi connectivity index (χ1) is 9.47. The fraction of sp³-hybridized carbons (Fsp3) is 0.615. The Morgan fingerprint density at radius 1 is 1.50 bits per heavy atom. The van der Waals surface area contributed by atoms with Crippen LogP contribution in [0.25, 0.3) is 0 Å². The number of carboxylic acids is 1. The topological polar surface area (TPSA) is 95.7 Å². The molecule has 2 heterocycles. The summed E-state index contributed by atoms with van der Waals surface area (Å²) in [5.41, 5.74) is 1.66. The van der Waals surface area contributed by atoms with Gasteiger partial charge in [0.15, 0.2) is 0 Å². The summed E-state index contributed by atoms with van der Waals surface area (Å²) in [6.45, 7) is 5.11. The summed E-state index contributed by atoms with van der Waals surface area (Å²) in [7, 11) is 0. The third-order valence-corrected chi connectivity index (χ3v) is 3.63. The van der Waals surface area contributed by atoms with Crippen LogP contribution in [0.2, 0.25) is 0 Å². The van der Waals surface area contributed by atoms with E-state index in [-0.39, 0.29) is 18.4 Å². The molecule has 0 bridgehead atoms. The van der Waals surface area contributed by atoms with E-state index in [1.54, 1.807) is 11.8 Å². The van der Waals surface area contributed by atoms with Crippen LogP contribution in [-0.2, 0) is 11.3 Å². The predicted molar refractivity (Wildman–Crippen MR) is 70.1 cm³/mol. The van der Waals surface area contributed by atoms with Crippen LogP contribution in [0.3, 0.4) is 0 Å². The number of aryl methyl sites for hydroxylation is 2. The number of aromatic nitrogens is 1. The van der Waals surface area contributed by atoms with Gasteiger partial charge in [-0.15, -0.1) is 0 Å². The summed E-state index contributed by atoms with van der Waals surface area (Å²) in [6.07, 6.45) is 0.860. The number of urea groups is 1. The lowest BCUT2D eigenvalue weighted by molar-refractivity contribution is -0.138. The molecule has 1 saturated heterocycles. The molecule has 0 radical (unpaired) electrons. The van der Waals surface area contributed by atoms with E-state index in [9.17, 15) is 9.59 Å². The summed E-state index contributed by atoms with van der Waals surface area (Å²) in [6, 6.07) is -0.169. The Kier molecular flexibility index (Phi) is 4.26. The Morgan fingerprint density at radius 3 is 2.85 bits per heavy atom. The molecule has 1 aliphatic rings. The second-order valence-corrected chi connectivity index (χ2v) is 5.16. The molecule has 1 aromatic heterocycles. The van der Waals surface area contributed by atoms with Crippen molar-refractivity contribution in [3.8, 4) is 0 Å². The van der Waals surface area contributed by atoms with E-state index in [1.807, 2.05) is 6.92 Å². The average molecular weight is 281 g/mol. The number of rotatable bonds is 4. The zero-order valence-electron chi connectivity index (χ0n) is 11.7. The number of hydrogen-bond acceptors (Lipinski definition) is 4. The van der Waals surface area contributed by atoms with Crippen LogP contribution in [0.4, 0.5) is 4.79 Å². The van der Waals surface area contributed by atoms with Crippen molar-refractivity contribution in [1.82, 2.24) is 15.4 Å². The molecule has 20 heavy (non-hydrogen) atoms. The van der Waals surface area contributed by atoms with Gasteiger partial charge in [-0.1, -0.05) is 5.16 Å². The Balaban J connectivity index is 1.83. The van der Waals surface area contributed by atoms with Crippen molar-refractivity contribution in [2.24, 2.45) is 5.92 Å². The van der Waals surface area contributed by atoms with E-state index in [2.05, 4.69) is 10.5 Å². The maximum absolute atomic E-state index is 12.0. The SMILES string of the molecule is Cc1noc(C)c1CNC(=O)N1CCC(CC(=O)O)C1. The first-order valence-electron chi connectivity index (χ1n) is 6.63. The number of hydrogen-bond donors (Lipinski definition) is 2. The summed E-state index contributed by atoms with van der Waals surface area (Å²) in [5, 5.41) is 15.4. The van der Waals surface area contributed by atoms with Crippen molar-refractivity contribution >= 4 is 12.0 Å². The molecule has 1 atom stereocenters. The standard InChI is InChI=1S/C13H19N3O4/c1-8-11(9(2)20-15-8)6-14-13(19)16-4-3-10(7-16)5-12(17)18/h10H,3-7H2,1-2H3,(H,14,19)(H,17,18). The van der Waals surface area contributed by atoms with Gasteiger partial charge in [-0.25, -0.2) is 4.79 Å². The molecular formula is C13H19N3O4. The Hall–Kier alpha value is -2.05. The smallest absolute Gasteiger partial charge is 0.317 e. The Labute approximate surface area is 116 Å². The van der Waals surface area contributed by atoms with Crippen LogP contribution in [-0.4, -0.2) is 40.3 Å². The van der Waals surface area contributed by atoms with Crippen LogP contribution in [0, 0.1) is 19.8 Å². The highest BCUT2D eigenvalue weighted by molar-refractivity contribution is 5.74. The number of nitrogens with zero attached hydrogens (tertiary/aromatic N) is 2. The molecule has 110 valence electrons. The van der Waals surface area contributed by atoms with Crippen molar-refractivity contribution < 1.29 is 19.2 Å². The normalized spacial score (nSPS) is 18.3. The number of likely N-dealkylation sites (tertiary alicyclic amines) is 1. The molecular weight excluding hydrogens is 262 g/mol. The molecule has 1 unspecified atom stereocenters. The van der Waals surface area contributed by atoms with Crippen molar-refractivity contribution in [2.45, 2.75) is 33.2 Å². The zero-order valence-corrected chi connectivity index (χ0v) is 11.7. The lowest BCUT2D eigenvalue weighted by Gasteiger charge is -2.17. The van der Waals surface area contributed by atoms with E-state index in [0.29, 0.717) is 25.4 Å². The summed E-state index contributed by atoms with van der Waals surface area (Å²) in [5.74, 6) is -0.0572. The number of aliphatic carboxylic acids is 1. The molecule has 7 nitrogen and oxygen atoms in total.